The second kappa shape index (κ2) is 10.1. The van der Waals surface area contributed by atoms with Crippen LogP contribution in [0.1, 0.15) is 15.7 Å². The quantitative estimate of drug-likeness (QED) is 0.382. The highest BCUT2D eigenvalue weighted by atomic mass is 32.1. The fourth-order valence-corrected chi connectivity index (χ4v) is 6.84. The highest BCUT2D eigenvalue weighted by molar-refractivity contribution is 7.11. The average Bonchev–Trinajstić information content (AvgIpc) is 3.67. The van der Waals surface area contributed by atoms with Crippen molar-refractivity contribution in [1.29, 1.82) is 5.26 Å². The maximum atomic E-state index is 13.9. The molecule has 0 fully saturated rings. The Morgan fingerprint density at radius 2 is 1.95 bits per heavy atom. The summed E-state index contributed by atoms with van der Waals surface area (Å²) in [6, 6.07) is 14.7. The van der Waals surface area contributed by atoms with Gasteiger partial charge in [0, 0.05) is 15.8 Å². The minimum Gasteiger partial charge on any atom is -0.497 e. The summed E-state index contributed by atoms with van der Waals surface area (Å²) in [5.74, 6) is -0.203. The number of fused-ring (bicyclic) bond motifs is 1. The van der Waals surface area contributed by atoms with Gasteiger partial charge in [-0.25, -0.2) is 0 Å². The van der Waals surface area contributed by atoms with Crippen LogP contribution in [0.4, 0.5) is 5.69 Å². The van der Waals surface area contributed by atoms with E-state index in [0.29, 0.717) is 26.4 Å². The molecule has 4 heterocycles. The van der Waals surface area contributed by atoms with Crippen molar-refractivity contribution in [3.63, 3.8) is 0 Å². The van der Waals surface area contributed by atoms with Crippen LogP contribution in [0.15, 0.2) is 63.6 Å². The van der Waals surface area contributed by atoms with Gasteiger partial charge < -0.3 is 20.5 Å². The van der Waals surface area contributed by atoms with Crippen LogP contribution in [-0.2, 0) is 4.79 Å². The van der Waals surface area contributed by atoms with E-state index in [4.69, 9.17) is 15.2 Å². The molecule has 1 atom stereocenters. The summed E-state index contributed by atoms with van der Waals surface area (Å²) >= 11 is 4.07. The Kier molecular flexibility index (Phi) is 6.71. The third-order valence-electron chi connectivity index (χ3n) is 5.81. The van der Waals surface area contributed by atoms with Crippen LogP contribution in [0.2, 0.25) is 0 Å². The first-order valence-electron chi connectivity index (χ1n) is 10.9. The molecule has 186 valence electrons. The van der Waals surface area contributed by atoms with Gasteiger partial charge in [-0.2, -0.15) is 5.26 Å². The Balaban J connectivity index is 1.76. The summed E-state index contributed by atoms with van der Waals surface area (Å²) < 4.78 is 12.8. The van der Waals surface area contributed by atoms with Crippen LogP contribution >= 0.6 is 34.0 Å². The number of allylic oxidation sites excluding steroid dienone is 1. The number of nitrogens with one attached hydrogen (secondary N) is 1. The number of carbonyl (C=O) groups excluding carboxylic acids is 1. The molecule has 37 heavy (non-hydrogen) atoms. The standard InChI is InChI=1S/C26H20N4O4S3/c1-33-14-7-8-17(18(11-14)34-2)29-24(31)22-21(19-6-4-10-36-19)16(13-27)23(28)30-25(32)20(37-26(22)30)12-15-5-3-9-35-15/h3-12,21H,28H2,1-2H3,(H,29,31)/b20-12+. The van der Waals surface area contributed by atoms with Gasteiger partial charge in [0.15, 0.2) is 0 Å². The largest absolute Gasteiger partial charge is 0.497 e. The number of carbonyl (C=O) groups is 1. The summed E-state index contributed by atoms with van der Waals surface area (Å²) in [5.41, 5.74) is 6.86. The van der Waals surface area contributed by atoms with Crippen LogP contribution in [-0.4, -0.2) is 24.7 Å². The molecule has 0 bridgehead atoms. The molecule has 0 radical (unpaired) electrons. The predicted molar refractivity (Wildman–Crippen MR) is 147 cm³/mol. The van der Waals surface area contributed by atoms with Gasteiger partial charge >= 0.3 is 0 Å². The number of benzene rings is 1. The number of anilines is 1. The molecule has 1 amide bonds. The highest BCUT2D eigenvalue weighted by Crippen LogP contribution is 2.39. The van der Waals surface area contributed by atoms with Crippen LogP contribution < -0.4 is 35.3 Å². The monoisotopic (exact) mass is 548 g/mol. The van der Waals surface area contributed by atoms with E-state index >= 15 is 0 Å². The van der Waals surface area contributed by atoms with Crippen molar-refractivity contribution in [2.45, 2.75) is 5.92 Å². The number of hydrogen-bond acceptors (Lipinski definition) is 9. The molecule has 1 aliphatic rings. The van der Waals surface area contributed by atoms with Crippen LogP contribution in [0.3, 0.4) is 0 Å². The molecule has 11 heteroatoms. The first-order chi connectivity index (χ1) is 18.0. The zero-order valence-electron chi connectivity index (χ0n) is 19.7. The molecule has 4 aromatic rings. The number of hydrogen-bond donors (Lipinski definition) is 2. The van der Waals surface area contributed by atoms with Crippen molar-refractivity contribution >= 4 is 63.1 Å². The zero-order valence-corrected chi connectivity index (χ0v) is 22.1. The number of nitrogens with two attached hydrogens (primary N) is 1. The smallest absolute Gasteiger partial charge is 0.274 e. The van der Waals surface area contributed by atoms with E-state index in [-0.39, 0.29) is 22.5 Å². The van der Waals surface area contributed by atoms with Gasteiger partial charge in [0.25, 0.3) is 11.5 Å². The number of amides is 1. The number of thiophene rings is 2. The molecule has 3 aromatic heterocycles. The Hall–Kier alpha value is -4.11. The second-order valence-corrected chi connectivity index (χ2v) is 10.9. The molecule has 3 N–H and O–H groups in total. The highest BCUT2D eigenvalue weighted by Gasteiger charge is 2.36. The van der Waals surface area contributed by atoms with Gasteiger partial charge in [0.05, 0.1) is 47.6 Å². The minimum absolute atomic E-state index is 0.0292. The van der Waals surface area contributed by atoms with Crippen molar-refractivity contribution in [3.8, 4) is 17.6 Å². The summed E-state index contributed by atoms with van der Waals surface area (Å²) in [7, 11) is 3.03. The lowest BCUT2D eigenvalue weighted by molar-refractivity contribution is -0.111. The molecule has 1 aromatic carbocycles. The lowest BCUT2D eigenvalue weighted by atomic mass is 9.88. The number of nitriles is 1. The third kappa shape index (κ3) is 4.35. The SMILES string of the molecule is COc1ccc(NC(=O)C2=c3s/c(=C/c4cccs4)c(=O)n3C(N)=C(C#N)C2c2cccs2)c(OC)c1. The van der Waals surface area contributed by atoms with Crippen molar-refractivity contribution in [1.82, 2.24) is 4.57 Å². The van der Waals surface area contributed by atoms with Crippen molar-refractivity contribution < 1.29 is 14.3 Å². The maximum Gasteiger partial charge on any atom is 0.274 e. The molecule has 0 aliphatic carbocycles. The van der Waals surface area contributed by atoms with E-state index in [1.807, 2.05) is 35.0 Å². The Morgan fingerprint density at radius 3 is 2.59 bits per heavy atom. The molecule has 1 aliphatic heterocycles. The first-order valence-corrected chi connectivity index (χ1v) is 13.5. The average molecular weight is 549 g/mol. The number of nitrogens with zero attached hydrogens (tertiary/aromatic N) is 2. The molecular weight excluding hydrogens is 529 g/mol. The predicted octanol–water partition coefficient (Wildman–Crippen LogP) is 3.12. The van der Waals surface area contributed by atoms with E-state index in [0.717, 1.165) is 9.75 Å². The van der Waals surface area contributed by atoms with Crippen molar-refractivity contribution in [2.24, 2.45) is 5.73 Å². The Bertz CT molecular complexity index is 1740. The van der Waals surface area contributed by atoms with Crippen molar-refractivity contribution in [3.05, 3.63) is 88.1 Å². The van der Waals surface area contributed by atoms with E-state index < -0.39 is 11.8 Å². The third-order valence-corrected chi connectivity index (χ3v) is 8.68. The summed E-state index contributed by atoms with van der Waals surface area (Å²) in [6.45, 7) is 0. The van der Waals surface area contributed by atoms with E-state index in [1.165, 1.54) is 52.8 Å². The van der Waals surface area contributed by atoms with Gasteiger partial charge in [-0.3, -0.25) is 14.2 Å². The van der Waals surface area contributed by atoms with E-state index in [9.17, 15) is 14.9 Å². The molecule has 1 unspecified atom stereocenters. The number of ether oxygens (including phenoxy) is 2. The van der Waals surface area contributed by atoms with Crippen LogP contribution in [0.5, 0.6) is 11.5 Å². The van der Waals surface area contributed by atoms with E-state index in [1.54, 1.807) is 24.3 Å². The van der Waals surface area contributed by atoms with Gasteiger partial charge in [0.1, 0.15) is 22.0 Å². The van der Waals surface area contributed by atoms with Crippen molar-refractivity contribution in [2.75, 3.05) is 19.5 Å². The fraction of sp³-hybridized carbons (Fsp3) is 0.115. The summed E-state index contributed by atoms with van der Waals surface area (Å²) in [5, 5.41) is 16.8. The van der Waals surface area contributed by atoms with Gasteiger partial charge in [-0.05, 0) is 41.1 Å². The van der Waals surface area contributed by atoms with Gasteiger partial charge in [-0.15, -0.1) is 34.0 Å². The first kappa shape index (κ1) is 24.6. The maximum absolute atomic E-state index is 13.9. The molecule has 5 rings (SSSR count). The normalized spacial score (nSPS) is 15.3. The van der Waals surface area contributed by atoms with Crippen LogP contribution in [0, 0.1) is 11.3 Å². The summed E-state index contributed by atoms with van der Waals surface area (Å²) in [4.78, 5) is 29.1. The molecule has 0 saturated carbocycles. The minimum atomic E-state index is -0.734. The number of rotatable bonds is 6. The second-order valence-electron chi connectivity index (χ2n) is 7.86. The lowest BCUT2D eigenvalue weighted by Crippen LogP contribution is -2.40. The number of aromatic nitrogens is 1. The zero-order chi connectivity index (χ0) is 26.1. The Labute approximate surface area is 223 Å². The topological polar surface area (TPSA) is 119 Å². The van der Waals surface area contributed by atoms with E-state index in [2.05, 4.69) is 11.4 Å². The lowest BCUT2D eigenvalue weighted by Gasteiger charge is -2.24. The number of thiazole rings is 1. The molecule has 8 nitrogen and oxygen atoms in total. The van der Waals surface area contributed by atoms with Crippen LogP contribution in [0.25, 0.3) is 17.5 Å². The summed E-state index contributed by atoms with van der Waals surface area (Å²) in [6.07, 6.45) is 1.77. The fourth-order valence-electron chi connectivity index (χ4n) is 4.10. The number of methoxy groups -OCH3 is 2. The molecule has 0 spiro atoms. The van der Waals surface area contributed by atoms with Gasteiger partial charge in [-0.1, -0.05) is 12.1 Å². The molecule has 0 saturated heterocycles. The molecular formula is C26H20N4O4S3. The Morgan fingerprint density at radius 1 is 1.16 bits per heavy atom. The van der Waals surface area contributed by atoms with Gasteiger partial charge in [0.2, 0.25) is 0 Å².